The van der Waals surface area contributed by atoms with Gasteiger partial charge in [-0.1, -0.05) is 40.2 Å². The summed E-state index contributed by atoms with van der Waals surface area (Å²) >= 11 is 0. The molecule has 1 aliphatic heterocycles. The molecule has 1 saturated heterocycles. The van der Waals surface area contributed by atoms with E-state index in [4.69, 9.17) is 9.47 Å². The predicted octanol–water partition coefficient (Wildman–Crippen LogP) is 5.16. The topological polar surface area (TPSA) is 39.5 Å². The Bertz CT molecular complexity index is 591. The van der Waals surface area contributed by atoms with Gasteiger partial charge in [-0.15, -0.1) is 0 Å². The number of aryl methyl sites for hydroxylation is 1. The Balaban J connectivity index is 0.000000619. The molecule has 2 aromatic rings. The zero-order valence-electron chi connectivity index (χ0n) is 19.3. The molecule has 0 N–H and O–H groups in total. The first-order valence-electron chi connectivity index (χ1n) is 10.9. The second-order valence-electron chi connectivity index (χ2n) is 6.37. The molecule has 0 atom stereocenters. The molecular formula is C23H43N3O2. The summed E-state index contributed by atoms with van der Waals surface area (Å²) in [6.45, 7) is 21.9. The van der Waals surface area contributed by atoms with Crippen LogP contribution in [-0.4, -0.2) is 60.5 Å². The highest BCUT2D eigenvalue weighted by atomic mass is 16.5. The molecule has 5 nitrogen and oxygen atoms in total. The number of hydrogen-bond acceptors (Lipinski definition) is 4. The van der Waals surface area contributed by atoms with Crippen molar-refractivity contribution in [3.63, 3.8) is 0 Å². The number of imidazole rings is 1. The van der Waals surface area contributed by atoms with E-state index < -0.39 is 0 Å². The first-order chi connectivity index (χ1) is 13.7. The second kappa shape index (κ2) is 17.7. The maximum Gasteiger partial charge on any atom is 0.0958 e. The third kappa shape index (κ3) is 10.8. The van der Waals surface area contributed by atoms with Crippen LogP contribution in [0.25, 0.3) is 11.0 Å². The SMILES string of the molecule is CC.CCC.CCOCC.Cc1ccc2c(c1)ncn2CCN1CCOCC1. The van der Waals surface area contributed by atoms with Gasteiger partial charge in [0.2, 0.25) is 0 Å². The Kier molecular flexibility index (Phi) is 16.8. The molecule has 0 bridgehead atoms. The summed E-state index contributed by atoms with van der Waals surface area (Å²) in [7, 11) is 0. The van der Waals surface area contributed by atoms with Gasteiger partial charge in [-0.3, -0.25) is 4.90 Å². The normalized spacial score (nSPS) is 13.5. The van der Waals surface area contributed by atoms with Gasteiger partial charge in [-0.05, 0) is 38.5 Å². The lowest BCUT2D eigenvalue weighted by Gasteiger charge is -2.26. The highest BCUT2D eigenvalue weighted by Crippen LogP contribution is 2.14. The zero-order valence-corrected chi connectivity index (χ0v) is 19.3. The lowest BCUT2D eigenvalue weighted by Crippen LogP contribution is -2.38. The minimum atomic E-state index is 0.844. The number of hydrogen-bond donors (Lipinski definition) is 0. The van der Waals surface area contributed by atoms with E-state index in [1.54, 1.807) is 0 Å². The van der Waals surface area contributed by atoms with Crippen LogP contribution in [0.2, 0.25) is 0 Å². The van der Waals surface area contributed by atoms with Crippen LogP contribution < -0.4 is 0 Å². The molecule has 1 fully saturated rings. The first kappa shape index (κ1) is 26.6. The third-order valence-corrected chi connectivity index (χ3v) is 3.95. The summed E-state index contributed by atoms with van der Waals surface area (Å²) in [6.07, 6.45) is 3.20. The average Bonchev–Trinajstić information content (AvgIpc) is 3.12. The molecule has 162 valence electrons. The molecular weight excluding hydrogens is 350 g/mol. The maximum atomic E-state index is 5.36. The number of benzene rings is 1. The molecule has 5 heteroatoms. The summed E-state index contributed by atoms with van der Waals surface area (Å²) in [5.74, 6) is 0. The summed E-state index contributed by atoms with van der Waals surface area (Å²) in [4.78, 5) is 6.91. The minimum Gasteiger partial charge on any atom is -0.382 e. The van der Waals surface area contributed by atoms with Gasteiger partial charge in [-0.2, -0.15) is 0 Å². The fourth-order valence-electron chi connectivity index (χ4n) is 2.63. The van der Waals surface area contributed by atoms with Crippen molar-refractivity contribution in [2.24, 2.45) is 0 Å². The van der Waals surface area contributed by atoms with E-state index in [0.29, 0.717) is 0 Å². The first-order valence-corrected chi connectivity index (χ1v) is 10.9. The smallest absolute Gasteiger partial charge is 0.0958 e. The van der Waals surface area contributed by atoms with Crippen LogP contribution in [0, 0.1) is 6.92 Å². The molecule has 2 heterocycles. The van der Waals surface area contributed by atoms with E-state index in [1.165, 1.54) is 17.5 Å². The number of rotatable bonds is 5. The van der Waals surface area contributed by atoms with E-state index in [9.17, 15) is 0 Å². The van der Waals surface area contributed by atoms with E-state index in [0.717, 1.165) is 58.1 Å². The van der Waals surface area contributed by atoms with E-state index >= 15 is 0 Å². The molecule has 1 aromatic carbocycles. The highest BCUT2D eigenvalue weighted by molar-refractivity contribution is 5.75. The van der Waals surface area contributed by atoms with E-state index in [-0.39, 0.29) is 0 Å². The van der Waals surface area contributed by atoms with E-state index in [1.807, 2.05) is 34.0 Å². The average molecular weight is 394 g/mol. The van der Waals surface area contributed by atoms with Crippen LogP contribution in [0.5, 0.6) is 0 Å². The molecule has 1 aromatic heterocycles. The van der Waals surface area contributed by atoms with Crippen molar-refractivity contribution in [1.82, 2.24) is 14.5 Å². The number of aromatic nitrogens is 2. The van der Waals surface area contributed by atoms with Crippen molar-refractivity contribution >= 4 is 11.0 Å². The van der Waals surface area contributed by atoms with Gasteiger partial charge < -0.3 is 14.0 Å². The summed E-state index contributed by atoms with van der Waals surface area (Å²) in [6, 6.07) is 6.45. The Labute approximate surface area is 173 Å². The van der Waals surface area contributed by atoms with Gasteiger partial charge in [0.15, 0.2) is 0 Å². The van der Waals surface area contributed by atoms with Crippen LogP contribution in [0.4, 0.5) is 0 Å². The number of ether oxygens (including phenoxy) is 2. The zero-order chi connectivity index (χ0) is 21.2. The van der Waals surface area contributed by atoms with Gasteiger partial charge in [0.25, 0.3) is 0 Å². The Morgan fingerprint density at radius 3 is 2.14 bits per heavy atom. The van der Waals surface area contributed by atoms with Gasteiger partial charge in [-0.25, -0.2) is 4.98 Å². The highest BCUT2D eigenvalue weighted by Gasteiger charge is 2.10. The van der Waals surface area contributed by atoms with Crippen LogP contribution in [0.1, 0.15) is 53.5 Å². The van der Waals surface area contributed by atoms with Crippen molar-refractivity contribution in [2.45, 2.75) is 61.4 Å². The van der Waals surface area contributed by atoms with Crippen LogP contribution >= 0.6 is 0 Å². The van der Waals surface area contributed by atoms with Gasteiger partial charge in [0.05, 0.1) is 30.6 Å². The number of nitrogens with zero attached hydrogens (tertiary/aromatic N) is 3. The molecule has 3 rings (SSSR count). The molecule has 0 spiro atoms. The van der Waals surface area contributed by atoms with Crippen molar-refractivity contribution < 1.29 is 9.47 Å². The summed E-state index contributed by atoms with van der Waals surface area (Å²) < 4.78 is 12.4. The van der Waals surface area contributed by atoms with Crippen LogP contribution in [0.3, 0.4) is 0 Å². The van der Waals surface area contributed by atoms with Crippen LogP contribution in [0.15, 0.2) is 24.5 Å². The van der Waals surface area contributed by atoms with Crippen molar-refractivity contribution in [1.29, 1.82) is 0 Å². The minimum absolute atomic E-state index is 0.844. The quantitative estimate of drug-likeness (QED) is 0.703. The van der Waals surface area contributed by atoms with Gasteiger partial charge in [0.1, 0.15) is 0 Å². The largest absolute Gasteiger partial charge is 0.382 e. The Morgan fingerprint density at radius 2 is 1.61 bits per heavy atom. The van der Waals surface area contributed by atoms with E-state index in [2.05, 4.69) is 53.4 Å². The third-order valence-electron chi connectivity index (χ3n) is 3.95. The van der Waals surface area contributed by atoms with Crippen molar-refractivity contribution in [2.75, 3.05) is 46.1 Å². The molecule has 0 saturated carbocycles. The Morgan fingerprint density at radius 1 is 1.00 bits per heavy atom. The van der Waals surface area contributed by atoms with Crippen LogP contribution in [-0.2, 0) is 16.0 Å². The van der Waals surface area contributed by atoms with Crippen molar-refractivity contribution in [3.8, 4) is 0 Å². The second-order valence-corrected chi connectivity index (χ2v) is 6.37. The molecule has 28 heavy (non-hydrogen) atoms. The Hall–Kier alpha value is -1.43. The lowest BCUT2D eigenvalue weighted by molar-refractivity contribution is 0.0365. The lowest BCUT2D eigenvalue weighted by atomic mass is 10.2. The molecule has 0 aliphatic carbocycles. The monoisotopic (exact) mass is 393 g/mol. The van der Waals surface area contributed by atoms with Crippen molar-refractivity contribution in [3.05, 3.63) is 30.1 Å². The predicted molar refractivity (Wildman–Crippen MR) is 121 cm³/mol. The molecule has 0 amide bonds. The van der Waals surface area contributed by atoms with Gasteiger partial charge >= 0.3 is 0 Å². The summed E-state index contributed by atoms with van der Waals surface area (Å²) in [5, 5.41) is 0. The molecule has 1 aliphatic rings. The van der Waals surface area contributed by atoms with Gasteiger partial charge in [0, 0.05) is 39.4 Å². The fourth-order valence-corrected chi connectivity index (χ4v) is 2.63. The number of morpholine rings is 1. The molecule has 0 radical (unpaired) electrons. The molecule has 0 unspecified atom stereocenters. The fraction of sp³-hybridized carbons (Fsp3) is 0.696. The number of fused-ring (bicyclic) bond motifs is 1. The standard InChI is InChI=1S/C14H19N3O.C4H10O.C3H8.C2H6/c1-12-2-3-14-13(10-12)15-11-17(14)5-4-16-6-8-18-9-7-16;1-3-5-4-2;1-3-2;1-2/h2-3,10-11H,4-9H2,1H3;3-4H2,1-2H3;3H2,1-2H3;1-2H3. The summed E-state index contributed by atoms with van der Waals surface area (Å²) in [5.41, 5.74) is 3.59. The maximum absolute atomic E-state index is 5.36.